The Morgan fingerprint density at radius 1 is 1.06 bits per heavy atom. The number of hydrogen-bond acceptors (Lipinski definition) is 5. The molecule has 0 aromatic heterocycles. The SMILES string of the molecule is O=C1Nc2cc(S(=O)(=O)Nc3cc(F)ccc3F)ccc2S[C@H]1C(=O)N1CCCCCC1. The molecular formula is C21H21F2N3O4S2. The van der Waals surface area contributed by atoms with Crippen molar-refractivity contribution < 1.29 is 26.8 Å². The van der Waals surface area contributed by atoms with Crippen molar-refractivity contribution in [2.24, 2.45) is 0 Å². The predicted octanol–water partition coefficient (Wildman–Crippen LogP) is 3.58. The minimum Gasteiger partial charge on any atom is -0.341 e. The van der Waals surface area contributed by atoms with Crippen LogP contribution in [0.25, 0.3) is 0 Å². The largest absolute Gasteiger partial charge is 0.341 e. The fourth-order valence-corrected chi connectivity index (χ4v) is 5.79. The Hall–Kier alpha value is -2.66. The van der Waals surface area contributed by atoms with Crippen LogP contribution in [0.3, 0.4) is 0 Å². The number of fused-ring (bicyclic) bond motifs is 1. The Morgan fingerprint density at radius 2 is 1.78 bits per heavy atom. The molecule has 2 aliphatic heterocycles. The van der Waals surface area contributed by atoms with E-state index in [1.165, 1.54) is 18.2 Å². The molecule has 0 radical (unpaired) electrons. The molecule has 1 saturated heterocycles. The zero-order valence-electron chi connectivity index (χ0n) is 16.9. The molecule has 2 aromatic carbocycles. The summed E-state index contributed by atoms with van der Waals surface area (Å²) in [6.45, 7) is 1.24. The van der Waals surface area contributed by atoms with Crippen molar-refractivity contribution in [1.29, 1.82) is 0 Å². The highest BCUT2D eigenvalue weighted by Crippen LogP contribution is 2.38. The molecule has 0 unspecified atom stereocenters. The number of carbonyl (C=O) groups is 2. The van der Waals surface area contributed by atoms with Gasteiger partial charge in [0.25, 0.3) is 10.0 Å². The van der Waals surface area contributed by atoms with Crippen molar-refractivity contribution in [2.45, 2.75) is 40.7 Å². The average molecular weight is 482 g/mol. The van der Waals surface area contributed by atoms with Crippen LogP contribution >= 0.6 is 11.8 Å². The van der Waals surface area contributed by atoms with Gasteiger partial charge in [0.15, 0.2) is 5.25 Å². The number of nitrogens with one attached hydrogen (secondary N) is 2. The third-order valence-corrected chi connectivity index (χ3v) is 7.94. The van der Waals surface area contributed by atoms with Gasteiger partial charge in [-0.25, -0.2) is 17.2 Å². The van der Waals surface area contributed by atoms with E-state index in [0.29, 0.717) is 18.0 Å². The standard InChI is InChI=1S/C21H21F2N3O4S2/c22-13-5-7-15(23)16(11-13)25-32(29,30)14-6-8-18-17(12-14)24-20(27)19(31-18)21(28)26-9-3-1-2-4-10-26/h5-8,11-12,19,25H,1-4,9-10H2,(H,24,27)/t19-/m1/s1. The Balaban J connectivity index is 1.54. The molecule has 11 heteroatoms. The van der Waals surface area contributed by atoms with Gasteiger partial charge in [-0.2, -0.15) is 0 Å². The fraction of sp³-hybridized carbons (Fsp3) is 0.333. The van der Waals surface area contributed by atoms with E-state index < -0.39 is 38.5 Å². The summed E-state index contributed by atoms with van der Waals surface area (Å²) in [5.74, 6) is -2.49. The van der Waals surface area contributed by atoms with Crippen LogP contribution < -0.4 is 10.0 Å². The normalized spacial score (nSPS) is 19.0. The zero-order chi connectivity index (χ0) is 22.9. The Morgan fingerprint density at radius 3 is 2.50 bits per heavy atom. The molecular weight excluding hydrogens is 460 g/mol. The Labute approximate surface area is 188 Å². The summed E-state index contributed by atoms with van der Waals surface area (Å²) in [5.41, 5.74) is -0.285. The first-order valence-corrected chi connectivity index (χ1v) is 12.5. The van der Waals surface area contributed by atoms with Gasteiger partial charge in [0.1, 0.15) is 11.6 Å². The summed E-state index contributed by atoms with van der Waals surface area (Å²) >= 11 is 1.07. The van der Waals surface area contributed by atoms with Gasteiger partial charge in [-0.15, -0.1) is 11.8 Å². The fourth-order valence-electron chi connectivity index (χ4n) is 3.65. The average Bonchev–Trinajstić information content (AvgIpc) is 3.04. The lowest BCUT2D eigenvalue weighted by atomic mass is 10.2. The Bertz CT molecular complexity index is 1170. The molecule has 2 N–H and O–H groups in total. The number of anilines is 2. The second kappa shape index (κ2) is 9.07. The van der Waals surface area contributed by atoms with Gasteiger partial charge < -0.3 is 10.2 Å². The van der Waals surface area contributed by atoms with Crippen LogP contribution in [-0.2, 0) is 19.6 Å². The van der Waals surface area contributed by atoms with Crippen LogP contribution in [0.5, 0.6) is 0 Å². The maximum absolute atomic E-state index is 13.8. The second-order valence-corrected chi connectivity index (χ2v) is 10.4. The van der Waals surface area contributed by atoms with Crippen molar-refractivity contribution in [3.63, 3.8) is 0 Å². The van der Waals surface area contributed by atoms with Crippen LogP contribution in [0, 0.1) is 11.6 Å². The quantitative estimate of drug-likeness (QED) is 0.651. The highest BCUT2D eigenvalue weighted by atomic mass is 32.2. The van der Waals surface area contributed by atoms with Crippen molar-refractivity contribution in [2.75, 3.05) is 23.1 Å². The molecule has 2 amide bonds. The molecule has 0 spiro atoms. The third kappa shape index (κ3) is 4.73. The second-order valence-electron chi connectivity index (χ2n) is 7.61. The van der Waals surface area contributed by atoms with E-state index in [4.69, 9.17) is 0 Å². The molecule has 7 nitrogen and oxygen atoms in total. The maximum Gasteiger partial charge on any atom is 0.262 e. The Kier molecular flexibility index (Phi) is 6.38. The van der Waals surface area contributed by atoms with E-state index in [2.05, 4.69) is 5.32 Å². The first-order valence-electron chi connectivity index (χ1n) is 10.1. The van der Waals surface area contributed by atoms with Crippen LogP contribution in [0.15, 0.2) is 46.2 Å². The highest BCUT2D eigenvalue weighted by molar-refractivity contribution is 8.01. The van der Waals surface area contributed by atoms with Gasteiger partial charge in [-0.05, 0) is 43.2 Å². The molecule has 0 bridgehead atoms. The van der Waals surface area contributed by atoms with Gasteiger partial charge in [-0.3, -0.25) is 14.3 Å². The van der Waals surface area contributed by atoms with E-state index in [1.807, 2.05) is 4.72 Å². The molecule has 1 atom stereocenters. The van der Waals surface area contributed by atoms with Crippen molar-refractivity contribution in [3.05, 3.63) is 48.0 Å². The molecule has 2 aromatic rings. The van der Waals surface area contributed by atoms with Crippen LogP contribution in [0.2, 0.25) is 0 Å². The lowest BCUT2D eigenvalue weighted by Gasteiger charge is -2.28. The van der Waals surface area contributed by atoms with E-state index in [0.717, 1.165) is 55.6 Å². The number of hydrogen-bond donors (Lipinski definition) is 2. The van der Waals surface area contributed by atoms with Gasteiger partial charge in [0.05, 0.1) is 16.3 Å². The topological polar surface area (TPSA) is 95.6 Å². The summed E-state index contributed by atoms with van der Waals surface area (Å²) in [4.78, 5) is 27.5. The van der Waals surface area contributed by atoms with Gasteiger partial charge in [0, 0.05) is 24.1 Å². The number of carbonyl (C=O) groups excluding carboxylic acids is 2. The lowest BCUT2D eigenvalue weighted by molar-refractivity contribution is -0.133. The smallest absolute Gasteiger partial charge is 0.262 e. The van der Waals surface area contributed by atoms with Crippen molar-refractivity contribution in [3.8, 4) is 0 Å². The van der Waals surface area contributed by atoms with Gasteiger partial charge in [0.2, 0.25) is 11.8 Å². The van der Waals surface area contributed by atoms with E-state index >= 15 is 0 Å². The number of rotatable bonds is 4. The number of thioether (sulfide) groups is 1. The van der Waals surface area contributed by atoms with E-state index in [-0.39, 0.29) is 16.5 Å². The van der Waals surface area contributed by atoms with Gasteiger partial charge >= 0.3 is 0 Å². The molecule has 2 aliphatic rings. The molecule has 0 aliphatic carbocycles. The highest BCUT2D eigenvalue weighted by Gasteiger charge is 2.36. The summed E-state index contributed by atoms with van der Waals surface area (Å²) in [6, 6.07) is 6.43. The molecule has 170 valence electrons. The first kappa shape index (κ1) is 22.5. The van der Waals surface area contributed by atoms with E-state index in [9.17, 15) is 26.8 Å². The van der Waals surface area contributed by atoms with Crippen molar-refractivity contribution in [1.82, 2.24) is 4.90 Å². The van der Waals surface area contributed by atoms with Crippen LogP contribution in [0.1, 0.15) is 25.7 Å². The first-order chi connectivity index (χ1) is 15.2. The maximum atomic E-state index is 13.8. The molecule has 1 fully saturated rings. The number of sulfonamides is 1. The monoisotopic (exact) mass is 481 g/mol. The predicted molar refractivity (Wildman–Crippen MR) is 117 cm³/mol. The number of nitrogens with zero attached hydrogens (tertiary/aromatic N) is 1. The molecule has 2 heterocycles. The van der Waals surface area contributed by atoms with Crippen molar-refractivity contribution >= 4 is 45.0 Å². The third-order valence-electron chi connectivity index (χ3n) is 5.32. The van der Waals surface area contributed by atoms with Crippen LogP contribution in [-0.4, -0.2) is 43.5 Å². The lowest BCUT2D eigenvalue weighted by Crippen LogP contribution is -2.45. The number of likely N-dealkylation sites (tertiary alicyclic amines) is 1. The number of halogens is 2. The molecule has 32 heavy (non-hydrogen) atoms. The zero-order valence-corrected chi connectivity index (χ0v) is 18.6. The molecule has 0 saturated carbocycles. The van der Waals surface area contributed by atoms with E-state index in [1.54, 1.807) is 4.90 Å². The minimum absolute atomic E-state index is 0.238. The van der Waals surface area contributed by atoms with Crippen LogP contribution in [0.4, 0.5) is 20.2 Å². The number of amides is 2. The molecule has 4 rings (SSSR count). The minimum atomic E-state index is -4.25. The summed E-state index contributed by atoms with van der Waals surface area (Å²) < 4.78 is 54.6. The van der Waals surface area contributed by atoms with Gasteiger partial charge in [-0.1, -0.05) is 12.8 Å². The summed E-state index contributed by atoms with van der Waals surface area (Å²) in [7, 11) is -4.25. The number of benzene rings is 2. The summed E-state index contributed by atoms with van der Waals surface area (Å²) in [5, 5.41) is 1.67. The summed E-state index contributed by atoms with van der Waals surface area (Å²) in [6.07, 6.45) is 3.92.